The minimum atomic E-state index is -4.26. The van der Waals surface area contributed by atoms with E-state index in [0.29, 0.717) is 0 Å². The summed E-state index contributed by atoms with van der Waals surface area (Å²) in [5, 5.41) is 0. The summed E-state index contributed by atoms with van der Waals surface area (Å²) in [5.41, 5.74) is 0. The molecule has 6 nitrogen and oxygen atoms in total. The molecule has 26 heavy (non-hydrogen) atoms. The largest absolute Gasteiger partial charge is 1.00 e. The quantitative estimate of drug-likeness (QED) is 0.323. The molecule has 0 spiro atoms. The van der Waals surface area contributed by atoms with Gasteiger partial charge in [-0.15, -0.1) is 0 Å². The van der Waals surface area contributed by atoms with E-state index >= 15 is 0 Å². The van der Waals surface area contributed by atoms with Crippen LogP contribution in [0.25, 0.3) is 0 Å². The molecule has 0 bridgehead atoms. The zero-order valence-corrected chi connectivity index (χ0v) is 22.8. The van der Waals surface area contributed by atoms with Gasteiger partial charge in [-0.25, -0.2) is 16.8 Å². The summed E-state index contributed by atoms with van der Waals surface area (Å²) < 4.78 is 62.7. The van der Waals surface area contributed by atoms with Gasteiger partial charge in [0.15, 0.2) is 0 Å². The average Bonchev–Trinajstić information content (AvgIpc) is 2.44. The maximum atomic E-state index is 10.9. The van der Waals surface area contributed by atoms with Crippen molar-refractivity contribution in [1.82, 2.24) is 0 Å². The summed E-state index contributed by atoms with van der Waals surface area (Å²) in [6, 6.07) is 0. The van der Waals surface area contributed by atoms with Gasteiger partial charge in [0.25, 0.3) is 0 Å². The summed E-state index contributed by atoms with van der Waals surface area (Å²) in [7, 11) is -8.53. The third-order valence-corrected chi connectivity index (χ3v) is 7.93. The fraction of sp³-hybridized carbons (Fsp3) is 0.500. The second-order valence-electron chi connectivity index (χ2n) is 6.34. The van der Waals surface area contributed by atoms with Crippen LogP contribution in [0.1, 0.15) is 27.7 Å². The SMILES string of the molecule is CC1C=CC=CC1(C)S(=O)(=O)[O-].CC1C=CC=CC1(C)S(=O)(=O)[O-].[K+].[Na+]. The smallest absolute Gasteiger partial charge is 0.747 e. The third-order valence-electron chi connectivity index (χ3n) is 4.76. The van der Waals surface area contributed by atoms with Gasteiger partial charge in [-0.05, 0) is 25.7 Å². The van der Waals surface area contributed by atoms with Crippen molar-refractivity contribution in [2.45, 2.75) is 37.2 Å². The molecule has 2 aliphatic rings. The molecule has 0 N–H and O–H groups in total. The Labute approximate surface area is 221 Å². The normalized spacial score (nSPS) is 32.7. The van der Waals surface area contributed by atoms with Crippen molar-refractivity contribution >= 4 is 20.2 Å². The topological polar surface area (TPSA) is 114 Å². The maximum absolute atomic E-state index is 10.9. The van der Waals surface area contributed by atoms with Crippen LogP contribution >= 0.6 is 0 Å². The van der Waals surface area contributed by atoms with E-state index < -0.39 is 29.7 Å². The van der Waals surface area contributed by atoms with Gasteiger partial charge >= 0.3 is 80.9 Å². The van der Waals surface area contributed by atoms with Gasteiger partial charge in [-0.3, -0.25) is 0 Å². The van der Waals surface area contributed by atoms with E-state index in [1.165, 1.54) is 26.0 Å². The van der Waals surface area contributed by atoms with Gasteiger partial charge in [0.2, 0.25) is 0 Å². The van der Waals surface area contributed by atoms with Gasteiger partial charge < -0.3 is 9.11 Å². The van der Waals surface area contributed by atoms with Crippen LogP contribution in [0, 0.1) is 11.8 Å². The van der Waals surface area contributed by atoms with Crippen LogP contribution in [0.3, 0.4) is 0 Å². The fourth-order valence-corrected chi connectivity index (χ4v) is 3.82. The maximum Gasteiger partial charge on any atom is 1.00 e. The average molecular weight is 437 g/mol. The van der Waals surface area contributed by atoms with Crippen LogP contribution in [-0.4, -0.2) is 35.4 Å². The molecule has 4 atom stereocenters. The van der Waals surface area contributed by atoms with Crippen molar-refractivity contribution in [1.29, 1.82) is 0 Å². The Morgan fingerprint density at radius 1 is 0.731 bits per heavy atom. The van der Waals surface area contributed by atoms with Gasteiger partial charge in [0.05, 0.1) is 9.49 Å². The summed E-state index contributed by atoms with van der Waals surface area (Å²) in [6.07, 6.45) is 13.0. The predicted octanol–water partition coefficient (Wildman–Crippen LogP) is -3.89. The van der Waals surface area contributed by atoms with Gasteiger partial charge in [0.1, 0.15) is 20.2 Å². The molecule has 0 aromatic carbocycles. The minimum absolute atomic E-state index is 0. The van der Waals surface area contributed by atoms with E-state index in [1.54, 1.807) is 50.3 Å². The molecule has 0 radical (unpaired) electrons. The second-order valence-corrected chi connectivity index (χ2v) is 9.92. The number of hydrogen-bond donors (Lipinski definition) is 0. The zero-order chi connectivity index (χ0) is 18.8. The molecule has 0 amide bonds. The third kappa shape index (κ3) is 6.74. The Kier molecular flexibility index (Phi) is 12.5. The second kappa shape index (κ2) is 11.0. The molecule has 0 saturated carbocycles. The molecular weight excluding hydrogens is 414 g/mol. The van der Waals surface area contributed by atoms with E-state index in [-0.39, 0.29) is 92.8 Å². The van der Waals surface area contributed by atoms with Crippen LogP contribution in [0.15, 0.2) is 48.6 Å². The predicted molar refractivity (Wildman–Crippen MR) is 91.1 cm³/mol. The number of hydrogen-bond acceptors (Lipinski definition) is 6. The first-order valence-electron chi connectivity index (χ1n) is 7.38. The van der Waals surface area contributed by atoms with Crippen molar-refractivity contribution in [3.8, 4) is 0 Å². The van der Waals surface area contributed by atoms with Crippen LogP contribution in [0.2, 0.25) is 0 Å². The van der Waals surface area contributed by atoms with Crippen molar-refractivity contribution in [2.24, 2.45) is 11.8 Å². The molecule has 10 heteroatoms. The van der Waals surface area contributed by atoms with E-state index in [4.69, 9.17) is 0 Å². The zero-order valence-electron chi connectivity index (χ0n) is 16.0. The Balaban J connectivity index is 0. The molecular formula is C16H22KNaO6S2. The first-order chi connectivity index (χ1) is 10.8. The minimum Gasteiger partial charge on any atom is -0.747 e. The molecule has 0 heterocycles. The molecule has 2 rings (SSSR count). The molecule has 0 fully saturated rings. The summed E-state index contributed by atoms with van der Waals surface area (Å²) in [5.74, 6) is -0.519. The van der Waals surface area contributed by atoms with Gasteiger partial charge in [-0.2, -0.15) is 0 Å². The van der Waals surface area contributed by atoms with Crippen LogP contribution < -0.4 is 80.9 Å². The number of allylic oxidation sites excluding steroid dienone is 6. The van der Waals surface area contributed by atoms with Gasteiger partial charge in [-0.1, -0.05) is 62.5 Å². The van der Waals surface area contributed by atoms with E-state index in [1.807, 2.05) is 0 Å². The van der Waals surface area contributed by atoms with Crippen molar-refractivity contribution in [3.05, 3.63) is 48.6 Å². The summed E-state index contributed by atoms with van der Waals surface area (Å²) in [4.78, 5) is 0. The summed E-state index contributed by atoms with van der Waals surface area (Å²) >= 11 is 0. The van der Waals surface area contributed by atoms with Crippen molar-refractivity contribution in [3.63, 3.8) is 0 Å². The Hall–Kier alpha value is 1.42. The van der Waals surface area contributed by atoms with Crippen molar-refractivity contribution < 1.29 is 107 Å². The molecule has 0 aromatic heterocycles. The Morgan fingerprint density at radius 2 is 1.00 bits per heavy atom. The van der Waals surface area contributed by atoms with E-state index in [9.17, 15) is 25.9 Å². The first kappa shape index (κ1) is 29.6. The van der Waals surface area contributed by atoms with Crippen LogP contribution in [-0.2, 0) is 20.2 Å². The Bertz CT molecular complexity index is 733. The standard InChI is InChI=1S/2C8H12O3S.K.Na/c2*1-7-5-3-4-6-8(7,2)12(9,10)11;;/h2*3-7H,1-2H3,(H,9,10,11);;/q;;2*+1/p-2. The fourth-order valence-electron chi connectivity index (χ4n) is 2.26. The van der Waals surface area contributed by atoms with Gasteiger partial charge in [0, 0.05) is 0 Å². The molecule has 0 aromatic rings. The summed E-state index contributed by atoms with van der Waals surface area (Å²) in [6.45, 7) is 6.32. The van der Waals surface area contributed by atoms with Crippen molar-refractivity contribution in [2.75, 3.05) is 0 Å². The Morgan fingerprint density at radius 3 is 1.15 bits per heavy atom. The molecule has 2 aliphatic carbocycles. The van der Waals surface area contributed by atoms with Crippen LogP contribution in [0.5, 0.6) is 0 Å². The van der Waals surface area contributed by atoms with E-state index in [0.717, 1.165) is 0 Å². The molecule has 136 valence electrons. The number of rotatable bonds is 2. The first-order valence-corrected chi connectivity index (χ1v) is 10.2. The van der Waals surface area contributed by atoms with E-state index in [2.05, 4.69) is 0 Å². The molecule has 0 saturated heterocycles. The monoisotopic (exact) mass is 436 g/mol. The molecule has 0 aliphatic heterocycles. The van der Waals surface area contributed by atoms with Crippen LogP contribution in [0.4, 0.5) is 0 Å². The molecule has 4 unspecified atom stereocenters.